The number of ether oxygens (including phenoxy) is 1. The number of aliphatic hydroxyl groups is 1. The number of carbonyl (C=O) groups excluding carboxylic acids is 2. The largest absolute Gasteiger partial charge is 0.440 e. The van der Waals surface area contributed by atoms with Crippen LogP contribution in [0.25, 0.3) is 13.2 Å². The van der Waals surface area contributed by atoms with Crippen LogP contribution >= 0.6 is 18.7 Å². The molecule has 0 spiro atoms. The predicted molar refractivity (Wildman–Crippen MR) is 342 cm³/mol. The summed E-state index contributed by atoms with van der Waals surface area (Å²) in [6.07, 6.45) is 25.0. The number of fused-ring (bicyclic) bond motifs is 6. The van der Waals surface area contributed by atoms with Crippen molar-refractivity contribution in [1.29, 1.82) is 5.26 Å². The Balaban J connectivity index is 0.000000288. The summed E-state index contributed by atoms with van der Waals surface area (Å²) < 4.78 is 8.43. The first-order valence-corrected chi connectivity index (χ1v) is 33.7. The first kappa shape index (κ1) is 66.7. The molecule has 1 aliphatic heterocycles. The third kappa shape index (κ3) is 15.8. The molecule has 7 rings (SSSR count). The Morgan fingerprint density at radius 3 is 2.33 bits per heavy atom. The van der Waals surface area contributed by atoms with Crippen molar-refractivity contribution < 1.29 is 19.4 Å². The summed E-state index contributed by atoms with van der Waals surface area (Å²) in [7, 11) is 4.23. The quantitative estimate of drug-likeness (QED) is 0.0117. The highest BCUT2D eigenvalue weighted by Crippen LogP contribution is 2.69. The van der Waals surface area contributed by atoms with E-state index in [-0.39, 0.29) is 17.4 Å². The smallest absolute Gasteiger partial charge is 0.220 e. The van der Waals surface area contributed by atoms with E-state index >= 15 is 0 Å². The van der Waals surface area contributed by atoms with Gasteiger partial charge in [-0.15, -0.1) is 6.58 Å². The van der Waals surface area contributed by atoms with Gasteiger partial charge in [0, 0.05) is 38.9 Å². The van der Waals surface area contributed by atoms with Crippen LogP contribution in [0.15, 0.2) is 55.6 Å². The number of nitrogens with one attached hydrogen (secondary N) is 2. The van der Waals surface area contributed by atoms with Crippen LogP contribution in [0, 0.1) is 84.1 Å². The Labute approximate surface area is 491 Å². The summed E-state index contributed by atoms with van der Waals surface area (Å²) in [5.41, 5.74) is 8.91. The number of benzene rings is 2. The number of hydrogen-bond donors (Lipinski definition) is 3. The summed E-state index contributed by atoms with van der Waals surface area (Å²) in [6, 6.07) is 5.69. The number of nitriles is 1. The van der Waals surface area contributed by atoms with Gasteiger partial charge in [0.05, 0.1) is 24.5 Å². The lowest BCUT2D eigenvalue weighted by Crippen LogP contribution is -2.53. The molecule has 10 nitrogen and oxygen atoms in total. The molecule has 0 aromatic heterocycles. The molecule has 0 bridgehead atoms. The number of aldehydes is 1. The maximum Gasteiger partial charge on any atom is 0.220 e. The maximum absolute atomic E-state index is 12.7. The molecule has 4 aliphatic carbocycles. The van der Waals surface area contributed by atoms with E-state index in [0.717, 1.165) is 153 Å². The van der Waals surface area contributed by atoms with Gasteiger partial charge in [-0.2, -0.15) is 5.26 Å². The number of unbranched alkanes of at least 4 members (excludes halogenated alkanes) is 4. The predicted octanol–water partition coefficient (Wildman–Crippen LogP) is 15.0. The summed E-state index contributed by atoms with van der Waals surface area (Å²) >= 11 is 1.58. The highest BCUT2D eigenvalue weighted by Gasteiger charge is 2.60. The van der Waals surface area contributed by atoms with Crippen LogP contribution in [0.4, 0.5) is 11.4 Å². The minimum atomic E-state index is -0.753. The van der Waals surface area contributed by atoms with Gasteiger partial charge in [-0.1, -0.05) is 80.2 Å². The number of rotatable bonds is 27. The molecule has 11 atom stereocenters. The van der Waals surface area contributed by atoms with Gasteiger partial charge in [0.25, 0.3) is 0 Å². The van der Waals surface area contributed by atoms with Crippen LogP contribution in [0.5, 0.6) is 5.75 Å². The van der Waals surface area contributed by atoms with Crippen molar-refractivity contribution in [2.24, 2.45) is 52.3 Å². The summed E-state index contributed by atoms with van der Waals surface area (Å²) in [6.45, 7) is 46.4. The molecular formula is C68H107N6O4PS. The van der Waals surface area contributed by atoms with Crippen molar-refractivity contribution in [3.63, 3.8) is 0 Å². The van der Waals surface area contributed by atoms with Crippen LogP contribution < -0.4 is 30.1 Å². The highest BCUT2D eigenvalue weighted by molar-refractivity contribution is 8.57. The van der Waals surface area contributed by atoms with Gasteiger partial charge < -0.3 is 25.3 Å². The molecule has 2 aromatic rings. The van der Waals surface area contributed by atoms with E-state index in [4.69, 9.17) is 9.84 Å². The fourth-order valence-corrected chi connectivity index (χ4v) is 17.8. The zero-order valence-corrected chi connectivity index (χ0v) is 53.9. The molecule has 80 heavy (non-hydrogen) atoms. The zero-order valence-electron chi connectivity index (χ0n) is 52.2. The molecule has 5 aliphatic rings. The summed E-state index contributed by atoms with van der Waals surface area (Å²) in [4.78, 5) is 24.1. The Morgan fingerprint density at radius 1 is 0.963 bits per heavy atom. The number of hydrogen-bond acceptors (Lipinski definition) is 10. The van der Waals surface area contributed by atoms with E-state index in [1.807, 2.05) is 45.0 Å². The van der Waals surface area contributed by atoms with Crippen molar-refractivity contribution >= 4 is 55.4 Å². The number of aliphatic hydroxyl groups excluding tert-OH is 1. The van der Waals surface area contributed by atoms with Gasteiger partial charge in [-0.05, 0) is 264 Å². The van der Waals surface area contributed by atoms with Crippen LogP contribution in [0.1, 0.15) is 186 Å². The Hall–Kier alpha value is -4.07. The molecule has 3 N–H and O–H groups in total. The van der Waals surface area contributed by atoms with Crippen LogP contribution in [0.3, 0.4) is 0 Å². The molecule has 4 fully saturated rings. The average molecular weight is 1140 g/mol. The summed E-state index contributed by atoms with van der Waals surface area (Å²) in [5, 5.41) is 28.7. The minimum Gasteiger partial charge on any atom is -0.440 e. The first-order chi connectivity index (χ1) is 38.0. The molecule has 9 unspecified atom stereocenters. The standard InChI is InChI=1S/C35H47N4OPS.C32H56N2O2.CH4O/c1-13-14-15-16-17-20-38(30(8)40-31-18-19-32-33(21-31)39(32)42-41(12)23-36)37(11)24(2)22-35(9,10)34-28(6)26(4)25(3)27(5)29(34)7;1-22-15-17-31(3)24(20-22)10-11-26-28-13-12-27(32(28,4)18-16-29(26)31)23(2)9-14-30(36)34-25(21-35)8-6-7-19-33-5;1-2/h13,18-19,21H,1-2,4,7-8,14-17,20,22H2,3,5-6,9-12H3;21-29,33H,6-20H2,1-5H3,(H,34,36);2H,1H3/t;22?,23?,24?,25?,26?,27?,28?,29?,31-,32+;/m.0./s1. The Bertz CT molecular complexity index is 2600. The number of hydrazine groups is 1. The van der Waals surface area contributed by atoms with Gasteiger partial charge >= 0.3 is 0 Å². The average Bonchev–Trinajstić information content (AvgIpc) is 4.15. The number of carbonyl (C=O) groups is 2. The van der Waals surface area contributed by atoms with E-state index in [1.54, 1.807) is 11.6 Å². The second-order valence-electron chi connectivity index (χ2n) is 25.9. The molecule has 1 heterocycles. The number of anilines is 2. The fraction of sp³-hybridized carbons (Fsp3) is 0.662. The number of amides is 1. The number of nitrogens with zero attached hydrogens (tertiary/aromatic N) is 4. The van der Waals surface area contributed by atoms with Gasteiger partial charge in [0.2, 0.25) is 11.8 Å². The Morgan fingerprint density at radius 2 is 1.65 bits per heavy atom. The third-order valence-corrected chi connectivity index (χ3v) is 23.0. The topological polar surface area (TPSA) is 121 Å². The van der Waals surface area contributed by atoms with Crippen LogP contribution in [0.2, 0.25) is 0 Å². The molecular weight excluding hydrogens is 1030 g/mol. The van der Waals surface area contributed by atoms with Crippen molar-refractivity contribution in [3.8, 4) is 11.6 Å². The molecule has 2 aromatic carbocycles. The van der Waals surface area contributed by atoms with Crippen LogP contribution in [-0.2, 0) is 15.0 Å². The molecule has 4 saturated carbocycles. The zero-order chi connectivity index (χ0) is 59.3. The van der Waals surface area contributed by atoms with Crippen molar-refractivity contribution in [3.05, 3.63) is 88.3 Å². The Kier molecular flexibility index (Phi) is 25.0. The maximum atomic E-state index is 12.7. The lowest BCUT2D eigenvalue weighted by molar-refractivity contribution is -0.125. The monoisotopic (exact) mass is 1130 g/mol. The van der Waals surface area contributed by atoms with Gasteiger partial charge in [-0.25, -0.2) is 0 Å². The molecule has 444 valence electrons. The lowest BCUT2D eigenvalue weighted by Gasteiger charge is -2.61. The van der Waals surface area contributed by atoms with E-state index < -0.39 is 7.12 Å². The van der Waals surface area contributed by atoms with Crippen molar-refractivity contribution in [2.75, 3.05) is 45.3 Å². The van der Waals surface area contributed by atoms with Gasteiger partial charge in [0.15, 0.2) is 0 Å². The van der Waals surface area contributed by atoms with E-state index in [9.17, 15) is 14.9 Å². The molecule has 12 heteroatoms. The third-order valence-electron chi connectivity index (χ3n) is 20.4. The minimum absolute atomic E-state index is 0.0637. The summed E-state index contributed by atoms with van der Waals surface area (Å²) in [5.74, 6) is 9.70. The number of allylic oxidation sites excluding steroid dienone is 2. The van der Waals surface area contributed by atoms with Crippen molar-refractivity contribution in [1.82, 2.24) is 20.7 Å². The fourth-order valence-electron chi connectivity index (χ4n) is 15.7. The first-order valence-electron chi connectivity index (χ1n) is 30.5. The van der Waals surface area contributed by atoms with Crippen LogP contribution in [-0.4, -0.2) is 74.3 Å². The SMILES string of the molecule is C=CCCCCCN(C(=C)Oc1ccc2c(c1)N2SP(C)C#N)N(C)C(=C)CC(C)(C)c1c(C)c(=C)c(C)c(C)c1=C.CNCCCCC(C=O)NC(=O)CCC(C)C1CCC2C3CCC4CC(C)CC[C@]4(C)C3CC[C@]12C.CO. The lowest BCUT2D eigenvalue weighted by atomic mass is 9.44. The van der Waals surface area contributed by atoms with E-state index in [1.165, 1.54) is 80.0 Å². The van der Waals surface area contributed by atoms with E-state index in [0.29, 0.717) is 29.1 Å². The highest BCUT2D eigenvalue weighted by atomic mass is 32.7. The van der Waals surface area contributed by atoms with Gasteiger partial charge in [-0.3, -0.25) is 19.1 Å². The second-order valence-corrected chi connectivity index (χ2v) is 29.8. The second kappa shape index (κ2) is 30.0. The van der Waals surface area contributed by atoms with E-state index in [2.05, 4.69) is 126 Å². The molecule has 1 amide bonds. The molecule has 0 saturated heterocycles. The van der Waals surface area contributed by atoms with Gasteiger partial charge in [0.1, 0.15) is 17.8 Å². The molecule has 0 radical (unpaired) electrons. The normalized spacial score (nSPS) is 25.4. The van der Waals surface area contributed by atoms with Crippen molar-refractivity contribution in [2.45, 2.75) is 196 Å².